The first-order valence-corrected chi connectivity index (χ1v) is 9.92. The molecule has 0 atom stereocenters. The molecule has 27 heavy (non-hydrogen) atoms. The van der Waals surface area contributed by atoms with Crippen molar-refractivity contribution in [3.05, 3.63) is 57.3 Å². The van der Waals surface area contributed by atoms with Crippen molar-refractivity contribution >= 4 is 23.4 Å². The van der Waals surface area contributed by atoms with Gasteiger partial charge in [-0.3, -0.25) is 9.97 Å². The van der Waals surface area contributed by atoms with Gasteiger partial charge in [-0.1, -0.05) is 6.07 Å². The van der Waals surface area contributed by atoms with Gasteiger partial charge in [0.15, 0.2) is 0 Å². The van der Waals surface area contributed by atoms with Gasteiger partial charge in [-0.25, -0.2) is 9.98 Å². The lowest BCUT2D eigenvalue weighted by molar-refractivity contribution is 0.552. The SMILES string of the molecule is CCN(C)C=Nc1cc(C)c(Cc2nc(-c3cnc(C)cn3)cs2)cc1C. The molecule has 0 aliphatic rings. The lowest BCUT2D eigenvalue weighted by Crippen LogP contribution is -2.14. The highest BCUT2D eigenvalue weighted by Gasteiger charge is 2.10. The van der Waals surface area contributed by atoms with Crippen LogP contribution in [-0.4, -0.2) is 39.8 Å². The second kappa shape index (κ2) is 8.39. The van der Waals surface area contributed by atoms with E-state index in [2.05, 4.69) is 58.1 Å². The summed E-state index contributed by atoms with van der Waals surface area (Å²) in [6.07, 6.45) is 6.26. The van der Waals surface area contributed by atoms with E-state index in [0.717, 1.165) is 40.7 Å². The zero-order valence-corrected chi connectivity index (χ0v) is 17.3. The molecule has 0 aliphatic heterocycles. The van der Waals surface area contributed by atoms with Crippen LogP contribution in [0.15, 0.2) is 34.9 Å². The molecule has 1 aromatic carbocycles. The molecule has 0 saturated carbocycles. The molecule has 0 spiro atoms. The van der Waals surface area contributed by atoms with E-state index in [1.807, 2.05) is 20.3 Å². The predicted molar refractivity (Wildman–Crippen MR) is 113 cm³/mol. The largest absolute Gasteiger partial charge is 0.366 e. The summed E-state index contributed by atoms with van der Waals surface area (Å²) in [5.41, 5.74) is 7.34. The minimum absolute atomic E-state index is 0.815. The van der Waals surface area contributed by atoms with Crippen molar-refractivity contribution in [3.8, 4) is 11.4 Å². The number of rotatable bonds is 6. The fourth-order valence-electron chi connectivity index (χ4n) is 2.63. The minimum atomic E-state index is 0.815. The molecule has 2 aromatic heterocycles. The first-order chi connectivity index (χ1) is 13.0. The quantitative estimate of drug-likeness (QED) is 0.459. The van der Waals surface area contributed by atoms with Gasteiger partial charge in [0, 0.05) is 31.6 Å². The summed E-state index contributed by atoms with van der Waals surface area (Å²) in [4.78, 5) is 20.1. The molecule has 2 heterocycles. The van der Waals surface area contributed by atoms with E-state index in [1.165, 1.54) is 16.7 Å². The normalized spacial score (nSPS) is 11.3. The van der Waals surface area contributed by atoms with Crippen LogP contribution in [0.5, 0.6) is 0 Å². The number of hydrogen-bond acceptors (Lipinski definition) is 5. The van der Waals surface area contributed by atoms with E-state index in [0.29, 0.717) is 0 Å². The summed E-state index contributed by atoms with van der Waals surface area (Å²) in [5, 5.41) is 3.13. The lowest BCUT2D eigenvalue weighted by atomic mass is 10.0. The molecule has 140 valence electrons. The van der Waals surface area contributed by atoms with Gasteiger partial charge in [-0.2, -0.15) is 0 Å². The molecule has 0 saturated heterocycles. The maximum Gasteiger partial charge on any atom is 0.108 e. The third kappa shape index (κ3) is 4.77. The van der Waals surface area contributed by atoms with Crippen molar-refractivity contribution in [2.45, 2.75) is 34.1 Å². The summed E-state index contributed by atoms with van der Waals surface area (Å²) >= 11 is 1.66. The zero-order chi connectivity index (χ0) is 19.4. The summed E-state index contributed by atoms with van der Waals surface area (Å²) < 4.78 is 0. The van der Waals surface area contributed by atoms with Crippen LogP contribution in [0.25, 0.3) is 11.4 Å². The van der Waals surface area contributed by atoms with E-state index in [9.17, 15) is 0 Å². The van der Waals surface area contributed by atoms with Crippen LogP contribution in [0.4, 0.5) is 5.69 Å². The maximum absolute atomic E-state index is 4.75. The summed E-state index contributed by atoms with van der Waals surface area (Å²) in [6, 6.07) is 4.38. The van der Waals surface area contributed by atoms with Crippen molar-refractivity contribution in [3.63, 3.8) is 0 Å². The molecule has 0 unspecified atom stereocenters. The second-order valence-corrected chi connectivity index (χ2v) is 7.67. The highest BCUT2D eigenvalue weighted by atomic mass is 32.1. The van der Waals surface area contributed by atoms with Crippen molar-refractivity contribution < 1.29 is 0 Å². The van der Waals surface area contributed by atoms with Gasteiger partial charge in [0.25, 0.3) is 0 Å². The highest BCUT2D eigenvalue weighted by Crippen LogP contribution is 2.27. The van der Waals surface area contributed by atoms with Crippen LogP contribution in [0, 0.1) is 20.8 Å². The van der Waals surface area contributed by atoms with E-state index < -0.39 is 0 Å². The number of hydrogen-bond donors (Lipinski definition) is 0. The van der Waals surface area contributed by atoms with Gasteiger partial charge < -0.3 is 4.90 Å². The molecule has 3 rings (SSSR count). The number of aliphatic imine (C=N–C) groups is 1. The van der Waals surface area contributed by atoms with Gasteiger partial charge in [0.1, 0.15) is 11.4 Å². The van der Waals surface area contributed by atoms with Crippen molar-refractivity contribution in [1.82, 2.24) is 19.9 Å². The fourth-order valence-corrected chi connectivity index (χ4v) is 3.44. The molecule has 0 fully saturated rings. The van der Waals surface area contributed by atoms with E-state index in [1.54, 1.807) is 23.7 Å². The van der Waals surface area contributed by atoms with Crippen LogP contribution in [0.2, 0.25) is 0 Å². The Labute approximate surface area is 164 Å². The first kappa shape index (κ1) is 19.2. The molecule has 0 aliphatic carbocycles. The van der Waals surface area contributed by atoms with Crippen molar-refractivity contribution in [2.75, 3.05) is 13.6 Å². The van der Waals surface area contributed by atoms with Crippen molar-refractivity contribution in [1.29, 1.82) is 0 Å². The van der Waals surface area contributed by atoms with E-state index in [4.69, 9.17) is 4.98 Å². The van der Waals surface area contributed by atoms with Crippen LogP contribution in [0.3, 0.4) is 0 Å². The number of aryl methyl sites for hydroxylation is 3. The third-order valence-electron chi connectivity index (χ3n) is 4.48. The Morgan fingerprint density at radius 1 is 1.07 bits per heavy atom. The second-order valence-electron chi connectivity index (χ2n) is 6.73. The van der Waals surface area contributed by atoms with Crippen LogP contribution in [0.1, 0.15) is 34.3 Å². The maximum atomic E-state index is 4.75. The lowest BCUT2D eigenvalue weighted by Gasteiger charge is -2.11. The van der Waals surface area contributed by atoms with Gasteiger partial charge in [0.2, 0.25) is 0 Å². The molecule has 0 amide bonds. The summed E-state index contributed by atoms with van der Waals surface area (Å²) in [7, 11) is 2.03. The number of thiazole rings is 1. The topological polar surface area (TPSA) is 54.3 Å². The predicted octanol–water partition coefficient (Wildman–Crippen LogP) is 4.73. The Balaban J connectivity index is 1.79. The summed E-state index contributed by atoms with van der Waals surface area (Å²) in [6.45, 7) is 9.23. The Morgan fingerprint density at radius 3 is 2.59 bits per heavy atom. The number of aromatic nitrogens is 3. The zero-order valence-electron chi connectivity index (χ0n) is 16.5. The average molecular weight is 380 g/mol. The van der Waals surface area contributed by atoms with Gasteiger partial charge in [-0.15, -0.1) is 11.3 Å². The Hall–Kier alpha value is -2.60. The third-order valence-corrected chi connectivity index (χ3v) is 5.33. The minimum Gasteiger partial charge on any atom is -0.366 e. The Kier molecular flexibility index (Phi) is 5.96. The van der Waals surface area contributed by atoms with Crippen LogP contribution >= 0.6 is 11.3 Å². The van der Waals surface area contributed by atoms with Gasteiger partial charge >= 0.3 is 0 Å². The van der Waals surface area contributed by atoms with Crippen LogP contribution in [-0.2, 0) is 6.42 Å². The molecule has 0 N–H and O–H groups in total. The molecular weight excluding hydrogens is 354 g/mol. The van der Waals surface area contributed by atoms with E-state index >= 15 is 0 Å². The summed E-state index contributed by atoms with van der Waals surface area (Å²) in [5.74, 6) is 0. The van der Waals surface area contributed by atoms with E-state index in [-0.39, 0.29) is 0 Å². The fraction of sp³-hybridized carbons (Fsp3) is 0.333. The van der Waals surface area contributed by atoms with Crippen LogP contribution < -0.4 is 0 Å². The van der Waals surface area contributed by atoms with Gasteiger partial charge in [-0.05, 0) is 50.5 Å². The van der Waals surface area contributed by atoms with Crippen molar-refractivity contribution in [2.24, 2.45) is 4.99 Å². The Bertz CT molecular complexity index is 944. The monoisotopic (exact) mass is 379 g/mol. The molecule has 0 radical (unpaired) electrons. The van der Waals surface area contributed by atoms with Gasteiger partial charge in [0.05, 0.1) is 28.9 Å². The smallest absolute Gasteiger partial charge is 0.108 e. The standard InChI is InChI=1S/C21H25N5S/c1-6-26(5)13-24-18-8-14(2)17(7-15(18)3)9-21-25-20(12-27-21)19-11-22-16(4)10-23-19/h7-8,10-13H,6,9H2,1-5H3. The average Bonchev–Trinajstić information content (AvgIpc) is 3.12. The molecule has 6 heteroatoms. The number of benzene rings is 1. The molecule has 3 aromatic rings. The Morgan fingerprint density at radius 2 is 1.89 bits per heavy atom. The molecule has 5 nitrogen and oxygen atoms in total. The molecule has 0 bridgehead atoms. The molecular formula is C21H25N5S. The highest BCUT2D eigenvalue weighted by molar-refractivity contribution is 7.10. The first-order valence-electron chi connectivity index (χ1n) is 9.04. The number of nitrogens with zero attached hydrogens (tertiary/aromatic N) is 5.